The molecule has 0 bridgehead atoms. The summed E-state index contributed by atoms with van der Waals surface area (Å²) in [5.74, 6) is 0.607. The van der Waals surface area contributed by atoms with Crippen molar-refractivity contribution in [3.8, 4) is 0 Å². The van der Waals surface area contributed by atoms with Crippen molar-refractivity contribution < 1.29 is 0 Å². The largest absolute Gasteiger partial charge is 0.288 e. The third-order valence-corrected chi connectivity index (χ3v) is 2.56. The minimum Gasteiger partial charge on any atom is -0.288 e. The first-order chi connectivity index (χ1) is 6.77. The van der Waals surface area contributed by atoms with Gasteiger partial charge in [0.2, 0.25) is 0 Å². The summed E-state index contributed by atoms with van der Waals surface area (Å²) in [4.78, 5) is 4.18. The first-order valence-corrected chi connectivity index (χ1v) is 5.07. The van der Waals surface area contributed by atoms with Gasteiger partial charge in [0, 0.05) is 6.21 Å². The number of benzene rings is 1. The van der Waals surface area contributed by atoms with Crippen LogP contribution in [0.1, 0.15) is 30.9 Å². The molecule has 0 N–H and O–H groups in total. The van der Waals surface area contributed by atoms with Crippen LogP contribution in [-0.4, -0.2) is 12.8 Å². The summed E-state index contributed by atoms with van der Waals surface area (Å²) in [7, 11) is 0. The van der Waals surface area contributed by atoms with Crippen molar-refractivity contribution in [1.82, 2.24) is 0 Å². The molecule has 0 saturated carbocycles. The molecule has 0 unspecified atom stereocenters. The summed E-state index contributed by atoms with van der Waals surface area (Å²) in [6, 6.07) is 8.76. The van der Waals surface area contributed by atoms with Crippen LogP contribution in [0.4, 0.5) is 0 Å². The highest BCUT2D eigenvalue weighted by molar-refractivity contribution is 6.11. The normalized spacial score (nSPS) is 14.9. The fourth-order valence-electron chi connectivity index (χ4n) is 1.61. The van der Waals surface area contributed by atoms with Gasteiger partial charge in [0.1, 0.15) is 0 Å². The fourth-order valence-corrected chi connectivity index (χ4v) is 1.61. The SMILES string of the molecule is CC(C)c1ccc(C2=CCN=C2)cc1. The van der Waals surface area contributed by atoms with E-state index in [2.05, 4.69) is 49.2 Å². The number of rotatable bonds is 2. The highest BCUT2D eigenvalue weighted by Gasteiger charge is 2.03. The average molecular weight is 185 g/mol. The van der Waals surface area contributed by atoms with E-state index in [1.807, 2.05) is 6.21 Å². The van der Waals surface area contributed by atoms with Gasteiger partial charge in [-0.1, -0.05) is 44.2 Å². The van der Waals surface area contributed by atoms with Crippen molar-refractivity contribution in [2.75, 3.05) is 6.54 Å². The standard InChI is InChI=1S/C13H15N/c1-10(2)11-3-5-12(6-4-11)13-7-8-14-9-13/h3-7,9-10H,8H2,1-2H3. The molecule has 14 heavy (non-hydrogen) atoms. The summed E-state index contributed by atoms with van der Waals surface area (Å²) >= 11 is 0. The zero-order valence-corrected chi connectivity index (χ0v) is 8.70. The molecule has 0 amide bonds. The molecule has 1 heterocycles. The molecule has 1 aromatic carbocycles. The molecule has 0 radical (unpaired) electrons. The van der Waals surface area contributed by atoms with Gasteiger partial charge in [0.25, 0.3) is 0 Å². The first kappa shape index (κ1) is 9.20. The molecule has 1 aliphatic heterocycles. The number of allylic oxidation sites excluding steroid dienone is 1. The molecule has 0 saturated heterocycles. The van der Waals surface area contributed by atoms with Crippen molar-refractivity contribution >= 4 is 11.8 Å². The maximum atomic E-state index is 4.18. The molecule has 1 heteroatoms. The molecular weight excluding hydrogens is 170 g/mol. The van der Waals surface area contributed by atoms with E-state index in [9.17, 15) is 0 Å². The lowest BCUT2D eigenvalue weighted by Crippen LogP contribution is -1.88. The zero-order valence-electron chi connectivity index (χ0n) is 8.70. The Hall–Kier alpha value is -1.37. The fraction of sp³-hybridized carbons (Fsp3) is 0.308. The molecule has 0 aliphatic carbocycles. The third-order valence-electron chi connectivity index (χ3n) is 2.56. The summed E-state index contributed by atoms with van der Waals surface area (Å²) < 4.78 is 0. The van der Waals surface area contributed by atoms with Crippen molar-refractivity contribution in [2.45, 2.75) is 19.8 Å². The lowest BCUT2D eigenvalue weighted by atomic mass is 9.99. The smallest absolute Gasteiger partial charge is 0.0580 e. The summed E-state index contributed by atoms with van der Waals surface area (Å²) in [6.07, 6.45) is 4.11. The van der Waals surface area contributed by atoms with E-state index in [0.717, 1.165) is 6.54 Å². The molecule has 2 rings (SSSR count). The molecule has 0 spiro atoms. The summed E-state index contributed by atoms with van der Waals surface area (Å²) in [5, 5.41) is 0. The van der Waals surface area contributed by atoms with Gasteiger partial charge in [-0.15, -0.1) is 0 Å². The van der Waals surface area contributed by atoms with Crippen LogP contribution in [0.15, 0.2) is 35.3 Å². The first-order valence-electron chi connectivity index (χ1n) is 5.07. The van der Waals surface area contributed by atoms with Gasteiger partial charge in [-0.2, -0.15) is 0 Å². The van der Waals surface area contributed by atoms with E-state index >= 15 is 0 Å². The van der Waals surface area contributed by atoms with Crippen LogP contribution in [0.3, 0.4) is 0 Å². The predicted octanol–water partition coefficient (Wildman–Crippen LogP) is 3.28. The molecule has 1 aromatic rings. The quantitative estimate of drug-likeness (QED) is 0.670. The van der Waals surface area contributed by atoms with Crippen LogP contribution in [0, 0.1) is 0 Å². The van der Waals surface area contributed by atoms with Gasteiger partial charge < -0.3 is 0 Å². The lowest BCUT2D eigenvalue weighted by molar-refractivity contribution is 0.866. The number of nitrogens with zero attached hydrogens (tertiary/aromatic N) is 1. The maximum Gasteiger partial charge on any atom is 0.0580 e. The van der Waals surface area contributed by atoms with Gasteiger partial charge in [-0.25, -0.2) is 0 Å². The van der Waals surface area contributed by atoms with Crippen LogP contribution in [0.25, 0.3) is 5.57 Å². The Balaban J connectivity index is 2.26. The molecular formula is C13H15N. The molecule has 0 atom stereocenters. The Morgan fingerprint density at radius 2 is 1.86 bits per heavy atom. The second-order valence-corrected chi connectivity index (χ2v) is 3.93. The van der Waals surface area contributed by atoms with E-state index < -0.39 is 0 Å². The molecule has 1 aliphatic rings. The second kappa shape index (κ2) is 3.79. The highest BCUT2D eigenvalue weighted by atomic mass is 14.7. The topological polar surface area (TPSA) is 12.4 Å². The van der Waals surface area contributed by atoms with Gasteiger partial charge >= 0.3 is 0 Å². The van der Waals surface area contributed by atoms with E-state index in [1.54, 1.807) is 0 Å². The second-order valence-electron chi connectivity index (χ2n) is 3.93. The molecule has 1 nitrogen and oxygen atoms in total. The van der Waals surface area contributed by atoms with E-state index in [-0.39, 0.29) is 0 Å². The average Bonchev–Trinajstić information content (AvgIpc) is 2.71. The Morgan fingerprint density at radius 1 is 1.14 bits per heavy atom. The number of aliphatic imine (C=N–C) groups is 1. The van der Waals surface area contributed by atoms with Gasteiger partial charge in [0.05, 0.1) is 6.54 Å². The Morgan fingerprint density at radius 3 is 2.36 bits per heavy atom. The Labute approximate surface area is 85.2 Å². The van der Waals surface area contributed by atoms with Gasteiger partial charge in [-0.05, 0) is 22.6 Å². The molecule has 72 valence electrons. The molecule has 0 fully saturated rings. The zero-order chi connectivity index (χ0) is 9.97. The summed E-state index contributed by atoms with van der Waals surface area (Å²) in [5.41, 5.74) is 3.92. The third kappa shape index (κ3) is 1.77. The highest BCUT2D eigenvalue weighted by Crippen LogP contribution is 2.19. The molecule has 0 aromatic heterocycles. The van der Waals surface area contributed by atoms with Gasteiger partial charge in [0.15, 0.2) is 0 Å². The van der Waals surface area contributed by atoms with E-state index in [1.165, 1.54) is 16.7 Å². The Bertz CT molecular complexity index is 369. The van der Waals surface area contributed by atoms with Crippen LogP contribution < -0.4 is 0 Å². The van der Waals surface area contributed by atoms with E-state index in [4.69, 9.17) is 0 Å². The number of hydrogen-bond acceptors (Lipinski definition) is 1. The Kier molecular flexibility index (Phi) is 2.49. The predicted molar refractivity (Wildman–Crippen MR) is 61.9 cm³/mol. The van der Waals surface area contributed by atoms with Crippen molar-refractivity contribution in [3.63, 3.8) is 0 Å². The monoisotopic (exact) mass is 185 g/mol. The maximum absolute atomic E-state index is 4.18. The minimum absolute atomic E-state index is 0.607. The lowest BCUT2D eigenvalue weighted by Gasteiger charge is -2.06. The van der Waals surface area contributed by atoms with Crippen LogP contribution in [0.2, 0.25) is 0 Å². The summed E-state index contributed by atoms with van der Waals surface area (Å²) in [6.45, 7) is 5.26. The van der Waals surface area contributed by atoms with Crippen molar-refractivity contribution in [2.24, 2.45) is 4.99 Å². The van der Waals surface area contributed by atoms with Gasteiger partial charge in [-0.3, -0.25) is 4.99 Å². The van der Waals surface area contributed by atoms with Crippen LogP contribution in [-0.2, 0) is 0 Å². The van der Waals surface area contributed by atoms with E-state index in [0.29, 0.717) is 5.92 Å². The van der Waals surface area contributed by atoms with Crippen molar-refractivity contribution in [1.29, 1.82) is 0 Å². The van der Waals surface area contributed by atoms with Crippen molar-refractivity contribution in [3.05, 3.63) is 41.5 Å². The van der Waals surface area contributed by atoms with Crippen LogP contribution >= 0.6 is 0 Å². The minimum atomic E-state index is 0.607. The number of hydrogen-bond donors (Lipinski definition) is 0. The van der Waals surface area contributed by atoms with Crippen LogP contribution in [0.5, 0.6) is 0 Å².